The third kappa shape index (κ3) is 4.96. The van der Waals surface area contributed by atoms with Crippen LogP contribution in [0.4, 0.5) is 13.2 Å². The number of benzene rings is 1. The van der Waals surface area contributed by atoms with E-state index in [2.05, 4.69) is 4.74 Å². The molecule has 0 amide bonds. The van der Waals surface area contributed by atoms with Crippen LogP contribution < -0.4 is 9.47 Å². The van der Waals surface area contributed by atoms with Crippen molar-refractivity contribution < 1.29 is 37.3 Å². The predicted molar refractivity (Wildman–Crippen MR) is 62.1 cm³/mol. The van der Waals surface area contributed by atoms with E-state index in [1.165, 1.54) is 18.2 Å². The minimum Gasteiger partial charge on any atom is -0.490 e. The maximum atomic E-state index is 11.9. The summed E-state index contributed by atoms with van der Waals surface area (Å²) < 4.78 is 50.1. The second-order valence-electron chi connectivity index (χ2n) is 3.60. The van der Waals surface area contributed by atoms with Gasteiger partial charge in [0, 0.05) is 0 Å². The summed E-state index contributed by atoms with van der Waals surface area (Å²) in [7, 11) is 0. The van der Waals surface area contributed by atoms with Gasteiger partial charge in [0.15, 0.2) is 18.3 Å². The van der Waals surface area contributed by atoms with Crippen molar-refractivity contribution in [1.82, 2.24) is 0 Å². The molecular weight excluding hydrogens is 281 g/mol. The van der Waals surface area contributed by atoms with E-state index in [4.69, 9.17) is 14.6 Å². The maximum Gasteiger partial charge on any atom is 0.411 e. The molecule has 1 aromatic rings. The number of aromatic carboxylic acids is 1. The number of carboxylic acids is 1. The van der Waals surface area contributed by atoms with Crippen molar-refractivity contribution in [2.24, 2.45) is 0 Å². The van der Waals surface area contributed by atoms with Gasteiger partial charge in [-0.15, -0.1) is 0 Å². The van der Waals surface area contributed by atoms with Crippen molar-refractivity contribution in [3.63, 3.8) is 0 Å². The Hall–Kier alpha value is -1.96. The summed E-state index contributed by atoms with van der Waals surface area (Å²) in [5, 5.41) is 8.99. The summed E-state index contributed by atoms with van der Waals surface area (Å²) >= 11 is 0. The van der Waals surface area contributed by atoms with Gasteiger partial charge in [0.1, 0.15) is 12.2 Å². The Labute approximate surface area is 112 Å². The van der Waals surface area contributed by atoms with E-state index in [1.807, 2.05) is 0 Å². The summed E-state index contributed by atoms with van der Waals surface area (Å²) in [4.78, 5) is 11.0. The summed E-state index contributed by atoms with van der Waals surface area (Å²) in [6, 6.07) is 4.15. The van der Waals surface area contributed by atoms with Crippen LogP contribution >= 0.6 is 0 Å². The first-order chi connectivity index (χ1) is 9.35. The largest absolute Gasteiger partial charge is 0.490 e. The van der Waals surface area contributed by atoms with Gasteiger partial charge in [-0.05, 0) is 19.1 Å². The molecule has 0 aliphatic rings. The third-order valence-corrected chi connectivity index (χ3v) is 2.06. The van der Waals surface area contributed by atoms with Crippen LogP contribution in [0, 0.1) is 0 Å². The van der Waals surface area contributed by atoms with Crippen LogP contribution in [-0.2, 0) is 4.74 Å². The number of hydrogen-bond donors (Lipinski definition) is 1. The highest BCUT2D eigenvalue weighted by Gasteiger charge is 2.27. The molecule has 8 heteroatoms. The first-order valence-electron chi connectivity index (χ1n) is 5.61. The van der Waals surface area contributed by atoms with E-state index in [0.717, 1.165) is 0 Å². The quantitative estimate of drug-likeness (QED) is 0.618. The third-order valence-electron chi connectivity index (χ3n) is 2.06. The Morgan fingerprint density at radius 2 is 2.00 bits per heavy atom. The molecule has 1 N–H and O–H groups in total. The molecule has 0 spiro atoms. The molecule has 1 rings (SSSR count). The van der Waals surface area contributed by atoms with Crippen LogP contribution in [0.15, 0.2) is 18.2 Å². The van der Waals surface area contributed by atoms with Gasteiger partial charge in [0.25, 0.3) is 0 Å². The smallest absolute Gasteiger partial charge is 0.411 e. The number of hydrogen-bond acceptors (Lipinski definition) is 4. The summed E-state index contributed by atoms with van der Waals surface area (Å²) in [5.74, 6) is -1.32. The lowest BCUT2D eigenvalue weighted by Crippen LogP contribution is -2.19. The number of halogens is 3. The zero-order valence-corrected chi connectivity index (χ0v) is 10.6. The van der Waals surface area contributed by atoms with Crippen LogP contribution in [0.3, 0.4) is 0 Å². The van der Waals surface area contributed by atoms with Crippen LogP contribution in [0.1, 0.15) is 17.3 Å². The maximum absolute atomic E-state index is 11.9. The Bertz CT molecular complexity index is 459. The molecule has 5 nitrogen and oxygen atoms in total. The average molecular weight is 294 g/mol. The number of alkyl halides is 3. The number of para-hydroxylation sites is 1. The molecular formula is C12H13F3O5. The Morgan fingerprint density at radius 1 is 1.30 bits per heavy atom. The lowest BCUT2D eigenvalue weighted by molar-refractivity contribution is -0.186. The van der Waals surface area contributed by atoms with Gasteiger partial charge in [-0.2, -0.15) is 13.2 Å². The first kappa shape index (κ1) is 16.1. The Kier molecular flexibility index (Phi) is 5.63. The van der Waals surface area contributed by atoms with Gasteiger partial charge in [-0.25, -0.2) is 4.79 Å². The minimum atomic E-state index is -4.47. The molecule has 0 unspecified atom stereocenters. The minimum absolute atomic E-state index is 0.128. The molecule has 0 aliphatic carbocycles. The summed E-state index contributed by atoms with van der Waals surface area (Å²) in [6.07, 6.45) is -4.47. The highest BCUT2D eigenvalue weighted by atomic mass is 19.4. The lowest BCUT2D eigenvalue weighted by atomic mass is 10.2. The van der Waals surface area contributed by atoms with Crippen molar-refractivity contribution >= 4 is 5.97 Å². The van der Waals surface area contributed by atoms with Crippen molar-refractivity contribution in [1.29, 1.82) is 0 Å². The molecule has 0 heterocycles. The lowest BCUT2D eigenvalue weighted by Gasteiger charge is -2.14. The van der Waals surface area contributed by atoms with E-state index in [1.54, 1.807) is 6.92 Å². The van der Waals surface area contributed by atoms with E-state index in [0.29, 0.717) is 0 Å². The molecule has 0 saturated heterocycles. The highest BCUT2D eigenvalue weighted by molar-refractivity contribution is 5.92. The normalized spacial score (nSPS) is 11.2. The van der Waals surface area contributed by atoms with Crippen molar-refractivity contribution in [3.05, 3.63) is 23.8 Å². The topological polar surface area (TPSA) is 65.0 Å². The van der Waals surface area contributed by atoms with Gasteiger partial charge in [0.2, 0.25) is 0 Å². The molecule has 0 fully saturated rings. The van der Waals surface area contributed by atoms with Gasteiger partial charge in [-0.1, -0.05) is 6.07 Å². The zero-order valence-electron chi connectivity index (χ0n) is 10.6. The van der Waals surface area contributed by atoms with Crippen LogP contribution in [-0.4, -0.2) is 37.3 Å². The molecule has 0 bridgehead atoms. The SMILES string of the molecule is CCOc1cccc(C(=O)O)c1OCOCC(F)(F)F. The fourth-order valence-corrected chi connectivity index (χ4v) is 1.36. The highest BCUT2D eigenvalue weighted by Crippen LogP contribution is 2.31. The molecule has 112 valence electrons. The van der Waals surface area contributed by atoms with Gasteiger partial charge in [0.05, 0.1) is 6.61 Å². The fraction of sp³-hybridized carbons (Fsp3) is 0.417. The van der Waals surface area contributed by atoms with E-state index in [-0.39, 0.29) is 23.7 Å². The van der Waals surface area contributed by atoms with E-state index >= 15 is 0 Å². The number of carbonyl (C=O) groups is 1. The van der Waals surface area contributed by atoms with E-state index < -0.39 is 25.5 Å². The molecule has 0 aliphatic heterocycles. The average Bonchev–Trinajstić information content (AvgIpc) is 2.34. The van der Waals surface area contributed by atoms with Crippen LogP contribution in [0.5, 0.6) is 11.5 Å². The van der Waals surface area contributed by atoms with E-state index in [9.17, 15) is 18.0 Å². The summed E-state index contributed by atoms with van der Waals surface area (Å²) in [5.41, 5.74) is -0.216. The van der Waals surface area contributed by atoms with Crippen LogP contribution in [0.25, 0.3) is 0 Å². The molecule has 20 heavy (non-hydrogen) atoms. The standard InChI is InChI=1S/C12H13F3O5/c1-2-19-9-5-3-4-8(11(16)17)10(9)20-7-18-6-12(13,14)15/h3-5H,2,6-7H2,1H3,(H,16,17). The Balaban J connectivity index is 2.77. The van der Waals surface area contributed by atoms with Gasteiger partial charge >= 0.3 is 12.1 Å². The van der Waals surface area contributed by atoms with Gasteiger partial charge < -0.3 is 19.3 Å². The second-order valence-corrected chi connectivity index (χ2v) is 3.60. The van der Waals surface area contributed by atoms with Gasteiger partial charge in [-0.3, -0.25) is 0 Å². The number of carboxylic acid groups (broad SMARTS) is 1. The second kappa shape index (κ2) is 6.99. The predicted octanol–water partition coefficient (Wildman–Crippen LogP) is 2.70. The molecule has 0 radical (unpaired) electrons. The fourth-order valence-electron chi connectivity index (χ4n) is 1.36. The van der Waals surface area contributed by atoms with Crippen LogP contribution in [0.2, 0.25) is 0 Å². The molecule has 0 atom stereocenters. The molecule has 0 saturated carbocycles. The zero-order chi connectivity index (χ0) is 15.2. The molecule has 0 aromatic heterocycles. The monoisotopic (exact) mass is 294 g/mol. The van der Waals surface area contributed by atoms with Crippen molar-refractivity contribution in [2.75, 3.05) is 20.0 Å². The number of ether oxygens (including phenoxy) is 3. The summed E-state index contributed by atoms with van der Waals surface area (Å²) in [6.45, 7) is -0.281. The van der Waals surface area contributed by atoms with Crippen molar-refractivity contribution in [2.45, 2.75) is 13.1 Å². The van der Waals surface area contributed by atoms with Crippen molar-refractivity contribution in [3.8, 4) is 11.5 Å². The first-order valence-corrected chi connectivity index (χ1v) is 5.61. The Morgan fingerprint density at radius 3 is 2.55 bits per heavy atom. The number of rotatable bonds is 7. The molecule has 1 aromatic carbocycles.